The van der Waals surface area contributed by atoms with Crippen LogP contribution in [0.3, 0.4) is 0 Å². The first-order valence-electron chi connectivity index (χ1n) is 4.95. The van der Waals surface area contributed by atoms with Crippen LogP contribution >= 0.6 is 34.8 Å². The lowest BCUT2D eigenvalue weighted by molar-refractivity contribution is 0.102. The summed E-state index contributed by atoms with van der Waals surface area (Å²) in [5.41, 5.74) is 0.682. The number of halogens is 3. The Morgan fingerprint density at radius 2 is 1.89 bits per heavy atom. The number of pyridine rings is 1. The molecule has 0 radical (unpaired) electrons. The molecule has 3 nitrogen and oxygen atoms in total. The fraction of sp³-hybridized carbons (Fsp3) is 0. The van der Waals surface area contributed by atoms with Gasteiger partial charge in [0.25, 0.3) is 5.91 Å². The minimum Gasteiger partial charge on any atom is -0.319 e. The van der Waals surface area contributed by atoms with Gasteiger partial charge < -0.3 is 5.32 Å². The summed E-state index contributed by atoms with van der Waals surface area (Å²) in [4.78, 5) is 15.8. The van der Waals surface area contributed by atoms with Gasteiger partial charge in [-0.2, -0.15) is 0 Å². The highest BCUT2D eigenvalue weighted by atomic mass is 35.5. The monoisotopic (exact) mass is 300 g/mol. The van der Waals surface area contributed by atoms with E-state index in [9.17, 15) is 4.79 Å². The fourth-order valence-corrected chi connectivity index (χ4v) is 1.93. The second kappa shape index (κ2) is 5.57. The van der Waals surface area contributed by atoms with Gasteiger partial charge in [0.15, 0.2) is 0 Å². The lowest BCUT2D eigenvalue weighted by Gasteiger charge is -2.07. The summed E-state index contributed by atoms with van der Waals surface area (Å²) >= 11 is 17.4. The van der Waals surface area contributed by atoms with Crippen LogP contribution in [0, 0.1) is 0 Å². The van der Waals surface area contributed by atoms with Crippen LogP contribution in [-0.2, 0) is 0 Å². The molecule has 2 aromatic rings. The fourth-order valence-electron chi connectivity index (χ4n) is 1.31. The molecular weight excluding hydrogens is 295 g/mol. The Labute approximate surface area is 119 Å². The van der Waals surface area contributed by atoms with Crippen molar-refractivity contribution in [2.24, 2.45) is 0 Å². The number of aromatic nitrogens is 1. The summed E-state index contributed by atoms with van der Waals surface area (Å²) in [6.45, 7) is 0. The van der Waals surface area contributed by atoms with Crippen molar-refractivity contribution in [1.29, 1.82) is 0 Å². The molecule has 2 rings (SSSR count). The highest BCUT2D eigenvalue weighted by Crippen LogP contribution is 2.25. The Kier molecular flexibility index (Phi) is 4.07. The van der Waals surface area contributed by atoms with E-state index in [1.807, 2.05) is 0 Å². The molecule has 1 heterocycles. The topological polar surface area (TPSA) is 42.0 Å². The molecule has 0 atom stereocenters. The maximum Gasteiger partial charge on any atom is 0.274 e. The molecule has 1 N–H and O–H groups in total. The molecule has 18 heavy (non-hydrogen) atoms. The molecular formula is C12H7Cl3N2O. The molecule has 6 heteroatoms. The SMILES string of the molecule is O=C(Nc1ccc(Cl)cc1Cl)c1cccc(Cl)n1. The van der Waals surface area contributed by atoms with E-state index >= 15 is 0 Å². The molecule has 0 aliphatic heterocycles. The first-order chi connectivity index (χ1) is 8.56. The number of hydrogen-bond acceptors (Lipinski definition) is 2. The predicted molar refractivity (Wildman–Crippen MR) is 73.7 cm³/mol. The molecule has 0 saturated heterocycles. The minimum atomic E-state index is -0.387. The van der Waals surface area contributed by atoms with E-state index in [0.29, 0.717) is 15.7 Å². The maximum atomic E-state index is 11.9. The largest absolute Gasteiger partial charge is 0.319 e. The average molecular weight is 302 g/mol. The summed E-state index contributed by atoms with van der Waals surface area (Å²) in [5.74, 6) is -0.387. The standard InChI is InChI=1S/C12H7Cl3N2O/c13-7-4-5-9(8(14)6-7)17-12(18)10-2-1-3-11(15)16-10/h1-6H,(H,17,18). The van der Waals surface area contributed by atoms with Crippen molar-refractivity contribution in [3.63, 3.8) is 0 Å². The zero-order valence-electron chi connectivity index (χ0n) is 8.95. The predicted octanol–water partition coefficient (Wildman–Crippen LogP) is 4.29. The van der Waals surface area contributed by atoms with Crippen LogP contribution in [0.5, 0.6) is 0 Å². The van der Waals surface area contributed by atoms with Crippen LogP contribution in [-0.4, -0.2) is 10.9 Å². The number of rotatable bonds is 2. The Hall–Kier alpha value is -1.29. The van der Waals surface area contributed by atoms with Crippen molar-refractivity contribution < 1.29 is 4.79 Å². The van der Waals surface area contributed by atoms with Crippen LogP contribution in [0.2, 0.25) is 15.2 Å². The minimum absolute atomic E-state index is 0.216. The Morgan fingerprint density at radius 3 is 2.56 bits per heavy atom. The van der Waals surface area contributed by atoms with Crippen molar-refractivity contribution in [2.45, 2.75) is 0 Å². The first-order valence-corrected chi connectivity index (χ1v) is 6.08. The number of carbonyl (C=O) groups is 1. The van der Waals surface area contributed by atoms with Crippen LogP contribution in [0.15, 0.2) is 36.4 Å². The third kappa shape index (κ3) is 3.13. The summed E-state index contributed by atoms with van der Waals surface area (Å²) in [5, 5.41) is 3.74. The number of nitrogens with one attached hydrogen (secondary N) is 1. The molecule has 92 valence electrons. The first kappa shape index (κ1) is 13.1. The van der Waals surface area contributed by atoms with E-state index in [4.69, 9.17) is 34.8 Å². The number of benzene rings is 1. The maximum absolute atomic E-state index is 11.9. The van der Waals surface area contributed by atoms with Gasteiger partial charge in [-0.15, -0.1) is 0 Å². The van der Waals surface area contributed by atoms with E-state index in [1.54, 1.807) is 36.4 Å². The van der Waals surface area contributed by atoms with Gasteiger partial charge >= 0.3 is 0 Å². The lowest BCUT2D eigenvalue weighted by atomic mass is 10.3. The summed E-state index contributed by atoms with van der Waals surface area (Å²) in [6, 6.07) is 9.60. The third-order valence-electron chi connectivity index (χ3n) is 2.13. The highest BCUT2D eigenvalue weighted by molar-refractivity contribution is 6.36. The quantitative estimate of drug-likeness (QED) is 0.841. The van der Waals surface area contributed by atoms with E-state index in [2.05, 4.69) is 10.3 Å². The Bertz CT molecular complexity index is 602. The second-order valence-corrected chi connectivity index (χ2v) is 4.65. The van der Waals surface area contributed by atoms with Crippen molar-refractivity contribution in [2.75, 3.05) is 5.32 Å². The van der Waals surface area contributed by atoms with Crippen molar-refractivity contribution in [3.05, 3.63) is 57.3 Å². The highest BCUT2D eigenvalue weighted by Gasteiger charge is 2.10. The molecule has 0 bridgehead atoms. The number of nitrogens with zero attached hydrogens (tertiary/aromatic N) is 1. The van der Waals surface area contributed by atoms with E-state index in [-0.39, 0.29) is 16.8 Å². The molecule has 0 aliphatic carbocycles. The van der Waals surface area contributed by atoms with E-state index < -0.39 is 0 Å². The van der Waals surface area contributed by atoms with Gasteiger partial charge in [0.1, 0.15) is 10.8 Å². The van der Waals surface area contributed by atoms with Gasteiger partial charge in [0.05, 0.1) is 10.7 Å². The second-order valence-electron chi connectivity index (χ2n) is 3.42. The van der Waals surface area contributed by atoms with E-state index in [0.717, 1.165) is 0 Å². The molecule has 0 spiro atoms. The molecule has 0 fully saturated rings. The molecule has 0 unspecified atom stereocenters. The van der Waals surface area contributed by atoms with Gasteiger partial charge in [-0.05, 0) is 30.3 Å². The number of anilines is 1. The summed E-state index contributed by atoms with van der Waals surface area (Å²) < 4.78 is 0. The summed E-state index contributed by atoms with van der Waals surface area (Å²) in [7, 11) is 0. The van der Waals surface area contributed by atoms with E-state index in [1.165, 1.54) is 0 Å². The molecule has 1 aromatic heterocycles. The summed E-state index contributed by atoms with van der Waals surface area (Å²) in [6.07, 6.45) is 0. The number of amides is 1. The van der Waals surface area contributed by atoms with Gasteiger partial charge in [0, 0.05) is 5.02 Å². The normalized spacial score (nSPS) is 10.2. The molecule has 0 aliphatic rings. The third-order valence-corrected chi connectivity index (χ3v) is 2.89. The van der Waals surface area contributed by atoms with Crippen LogP contribution in [0.25, 0.3) is 0 Å². The Morgan fingerprint density at radius 1 is 1.11 bits per heavy atom. The van der Waals surface area contributed by atoms with Crippen molar-refractivity contribution in [3.8, 4) is 0 Å². The van der Waals surface area contributed by atoms with Gasteiger partial charge in [0.2, 0.25) is 0 Å². The van der Waals surface area contributed by atoms with Gasteiger partial charge in [-0.25, -0.2) is 4.98 Å². The molecule has 0 saturated carbocycles. The van der Waals surface area contributed by atoms with Crippen LogP contribution in [0.4, 0.5) is 5.69 Å². The zero-order valence-corrected chi connectivity index (χ0v) is 11.2. The average Bonchev–Trinajstić information content (AvgIpc) is 2.32. The van der Waals surface area contributed by atoms with Gasteiger partial charge in [-0.1, -0.05) is 40.9 Å². The van der Waals surface area contributed by atoms with Crippen molar-refractivity contribution >= 4 is 46.4 Å². The molecule has 1 amide bonds. The van der Waals surface area contributed by atoms with Crippen LogP contribution < -0.4 is 5.32 Å². The number of carbonyl (C=O) groups excluding carboxylic acids is 1. The zero-order chi connectivity index (χ0) is 13.1. The lowest BCUT2D eigenvalue weighted by Crippen LogP contribution is -2.13. The number of hydrogen-bond donors (Lipinski definition) is 1. The van der Waals surface area contributed by atoms with Crippen molar-refractivity contribution in [1.82, 2.24) is 4.98 Å². The van der Waals surface area contributed by atoms with Gasteiger partial charge in [-0.3, -0.25) is 4.79 Å². The smallest absolute Gasteiger partial charge is 0.274 e. The van der Waals surface area contributed by atoms with Crippen LogP contribution in [0.1, 0.15) is 10.5 Å². The molecule has 1 aromatic carbocycles. The Balaban J connectivity index is 2.21.